The average Bonchev–Trinajstić information content (AvgIpc) is 2.40. The van der Waals surface area contributed by atoms with Crippen molar-refractivity contribution in [2.24, 2.45) is 0 Å². The minimum atomic E-state index is -2.33. The van der Waals surface area contributed by atoms with Crippen LogP contribution in [0.2, 0.25) is 36.3 Å². The van der Waals surface area contributed by atoms with E-state index in [9.17, 15) is 19.8 Å². The van der Waals surface area contributed by atoms with Crippen LogP contribution in [0, 0.1) is 0 Å². The SMILES string of the molecule is CC(C)(C)[Si](C)(C)O[C@@H]1CC(O)(C(=O)O)C[C@@H](O[Si](C)(C)C(C)(C)C)C1=O. The molecule has 0 aromatic rings. The Morgan fingerprint density at radius 1 is 0.926 bits per heavy atom. The maximum atomic E-state index is 13.1. The van der Waals surface area contributed by atoms with Crippen molar-refractivity contribution in [2.75, 3.05) is 0 Å². The van der Waals surface area contributed by atoms with Gasteiger partial charge in [-0.3, -0.25) is 4.79 Å². The fourth-order valence-electron chi connectivity index (χ4n) is 2.54. The van der Waals surface area contributed by atoms with E-state index in [1.807, 2.05) is 26.2 Å². The highest BCUT2D eigenvalue weighted by Crippen LogP contribution is 2.43. The van der Waals surface area contributed by atoms with Crippen LogP contribution in [0.5, 0.6) is 0 Å². The monoisotopic (exact) mass is 418 g/mol. The maximum Gasteiger partial charge on any atom is 0.335 e. The van der Waals surface area contributed by atoms with Crippen LogP contribution in [0.3, 0.4) is 0 Å². The summed E-state index contributed by atoms with van der Waals surface area (Å²) in [6.07, 6.45) is -2.39. The first kappa shape index (κ1) is 24.5. The summed E-state index contributed by atoms with van der Waals surface area (Å²) in [6, 6.07) is 0. The number of Topliss-reactive ketones (excluding diaryl/α,β-unsaturated/α-hetero) is 1. The first-order chi connectivity index (χ1) is 11.7. The Morgan fingerprint density at radius 3 is 1.44 bits per heavy atom. The maximum absolute atomic E-state index is 13.1. The number of carboxylic acids is 1. The van der Waals surface area contributed by atoms with Crippen LogP contribution in [0.15, 0.2) is 0 Å². The predicted octanol–water partition coefficient (Wildman–Crippen LogP) is 3.95. The minimum Gasteiger partial charge on any atom is -0.479 e. The highest BCUT2D eigenvalue weighted by atomic mass is 28.4. The molecule has 1 aliphatic carbocycles. The number of hydrogen-bond acceptors (Lipinski definition) is 5. The molecular formula is C19H38O6Si2. The van der Waals surface area contributed by atoms with E-state index in [0.29, 0.717) is 0 Å². The summed E-state index contributed by atoms with van der Waals surface area (Å²) in [4.78, 5) is 24.9. The smallest absolute Gasteiger partial charge is 0.335 e. The largest absolute Gasteiger partial charge is 0.479 e. The lowest BCUT2D eigenvalue weighted by atomic mass is 9.81. The lowest BCUT2D eigenvalue weighted by Gasteiger charge is -2.46. The van der Waals surface area contributed by atoms with E-state index in [-0.39, 0.29) is 28.7 Å². The number of aliphatic carboxylic acids is 1. The number of rotatable bonds is 5. The normalized spacial score (nSPS) is 28.3. The molecule has 1 rings (SSSR count). The Labute approximate surface area is 165 Å². The summed E-state index contributed by atoms with van der Waals surface area (Å²) < 4.78 is 12.5. The van der Waals surface area contributed by atoms with Gasteiger partial charge in [0.1, 0.15) is 12.2 Å². The molecule has 8 heteroatoms. The molecule has 0 aliphatic heterocycles. The van der Waals surface area contributed by atoms with Gasteiger partial charge in [-0.05, 0) is 36.3 Å². The van der Waals surface area contributed by atoms with Gasteiger partial charge in [0.25, 0.3) is 0 Å². The zero-order valence-corrected chi connectivity index (χ0v) is 20.6. The third kappa shape index (κ3) is 5.29. The van der Waals surface area contributed by atoms with E-state index in [4.69, 9.17) is 8.85 Å². The number of carbonyl (C=O) groups excluding carboxylic acids is 1. The Balaban J connectivity index is 3.23. The molecule has 2 N–H and O–H groups in total. The van der Waals surface area contributed by atoms with Crippen molar-refractivity contribution in [2.45, 2.75) is 108 Å². The molecule has 0 heterocycles. The Morgan fingerprint density at radius 2 is 1.22 bits per heavy atom. The van der Waals surface area contributed by atoms with Crippen molar-refractivity contribution in [1.82, 2.24) is 0 Å². The van der Waals surface area contributed by atoms with Crippen molar-refractivity contribution in [3.8, 4) is 0 Å². The van der Waals surface area contributed by atoms with Crippen LogP contribution < -0.4 is 0 Å². The summed E-state index contributed by atoms with van der Waals surface area (Å²) in [5.41, 5.74) is -2.02. The molecule has 158 valence electrons. The molecule has 0 spiro atoms. The van der Waals surface area contributed by atoms with Crippen LogP contribution in [-0.2, 0) is 18.4 Å². The number of aliphatic hydroxyl groups is 1. The molecule has 0 amide bonds. The van der Waals surface area contributed by atoms with E-state index < -0.39 is 40.4 Å². The van der Waals surface area contributed by atoms with Crippen LogP contribution in [0.25, 0.3) is 0 Å². The van der Waals surface area contributed by atoms with E-state index in [1.165, 1.54) is 0 Å². The summed E-state index contributed by atoms with van der Waals surface area (Å²) in [7, 11) is -4.65. The van der Waals surface area contributed by atoms with E-state index in [0.717, 1.165) is 0 Å². The van der Waals surface area contributed by atoms with Crippen molar-refractivity contribution >= 4 is 28.4 Å². The zero-order chi connectivity index (χ0) is 21.6. The van der Waals surface area contributed by atoms with Gasteiger partial charge >= 0.3 is 5.97 Å². The van der Waals surface area contributed by atoms with Crippen molar-refractivity contribution < 1.29 is 28.7 Å². The summed E-state index contributed by atoms with van der Waals surface area (Å²) >= 11 is 0. The topological polar surface area (TPSA) is 93.1 Å². The van der Waals surface area contributed by atoms with Crippen LogP contribution >= 0.6 is 0 Å². The molecule has 1 fully saturated rings. The standard InChI is InChI=1S/C19H38O6Si2/c1-17(2,3)26(7,8)24-13-11-19(23,16(21)22)12-14(15(13)20)25-27(9,10)18(4,5)6/h13-14,23H,11-12H2,1-10H3,(H,21,22)/t13-,14-/m1/s1. The predicted molar refractivity (Wildman–Crippen MR) is 111 cm³/mol. The summed E-state index contributed by atoms with van der Waals surface area (Å²) in [5.74, 6) is -1.57. The van der Waals surface area contributed by atoms with Crippen molar-refractivity contribution in [3.63, 3.8) is 0 Å². The number of carboxylic acid groups (broad SMARTS) is 1. The quantitative estimate of drug-likeness (QED) is 0.657. The van der Waals surface area contributed by atoms with Crippen LogP contribution in [-0.4, -0.2) is 56.4 Å². The van der Waals surface area contributed by atoms with Crippen molar-refractivity contribution in [3.05, 3.63) is 0 Å². The van der Waals surface area contributed by atoms with E-state index >= 15 is 0 Å². The Kier molecular flexibility index (Phi) is 6.68. The van der Waals surface area contributed by atoms with Gasteiger partial charge in [0.2, 0.25) is 0 Å². The fourth-order valence-corrected chi connectivity index (χ4v) is 5.07. The first-order valence-corrected chi connectivity index (χ1v) is 15.4. The minimum absolute atomic E-state index is 0.137. The van der Waals surface area contributed by atoms with E-state index in [1.54, 1.807) is 0 Å². The number of ketones is 1. The molecular weight excluding hydrogens is 380 g/mol. The van der Waals surface area contributed by atoms with Gasteiger partial charge in [-0.15, -0.1) is 0 Å². The highest BCUT2D eigenvalue weighted by Gasteiger charge is 2.54. The second-order valence-electron chi connectivity index (χ2n) is 10.9. The Bertz CT molecular complexity index is 546. The van der Waals surface area contributed by atoms with Gasteiger partial charge in [-0.25, -0.2) is 4.79 Å². The van der Waals surface area contributed by atoms with Gasteiger partial charge in [0, 0.05) is 12.8 Å². The summed E-state index contributed by atoms with van der Waals surface area (Å²) in [5, 5.41) is 20.0. The van der Waals surface area contributed by atoms with E-state index in [2.05, 4.69) is 41.5 Å². The Hall–Kier alpha value is -0.546. The van der Waals surface area contributed by atoms with Gasteiger partial charge in [0.15, 0.2) is 28.0 Å². The third-order valence-corrected chi connectivity index (χ3v) is 15.5. The molecule has 27 heavy (non-hydrogen) atoms. The molecule has 0 aromatic heterocycles. The van der Waals surface area contributed by atoms with Gasteiger partial charge < -0.3 is 19.1 Å². The molecule has 2 atom stereocenters. The van der Waals surface area contributed by atoms with Gasteiger partial charge in [-0.2, -0.15) is 0 Å². The molecule has 0 radical (unpaired) electrons. The highest BCUT2D eigenvalue weighted by molar-refractivity contribution is 6.74. The molecule has 1 aliphatic rings. The molecule has 0 aromatic carbocycles. The van der Waals surface area contributed by atoms with Gasteiger partial charge in [-0.1, -0.05) is 41.5 Å². The average molecular weight is 419 g/mol. The zero-order valence-electron chi connectivity index (χ0n) is 18.6. The second kappa shape index (κ2) is 7.37. The molecule has 1 saturated carbocycles. The number of hydrogen-bond donors (Lipinski definition) is 2. The lowest BCUT2D eigenvalue weighted by molar-refractivity contribution is -0.174. The van der Waals surface area contributed by atoms with Crippen LogP contribution in [0.4, 0.5) is 0 Å². The third-order valence-electron chi connectivity index (χ3n) is 6.57. The van der Waals surface area contributed by atoms with Crippen molar-refractivity contribution in [1.29, 1.82) is 0 Å². The first-order valence-electron chi connectivity index (χ1n) is 9.59. The fraction of sp³-hybridized carbons (Fsp3) is 0.895. The second-order valence-corrected chi connectivity index (χ2v) is 20.4. The summed E-state index contributed by atoms with van der Waals surface area (Å²) in [6.45, 7) is 20.4. The number of carbonyl (C=O) groups is 2. The molecule has 6 nitrogen and oxygen atoms in total. The van der Waals surface area contributed by atoms with Crippen LogP contribution in [0.1, 0.15) is 54.4 Å². The molecule has 0 saturated heterocycles. The van der Waals surface area contributed by atoms with Gasteiger partial charge in [0.05, 0.1) is 0 Å². The molecule has 0 bridgehead atoms. The lowest BCUT2D eigenvalue weighted by Crippen LogP contribution is -2.60. The molecule has 0 unspecified atom stereocenters.